The minimum Gasteiger partial charge on any atom is -0.481 e. The number of hydrogen-bond donors (Lipinski definition) is 7. The number of carboxylic acids is 1. The lowest BCUT2D eigenvalue weighted by atomic mass is 9.99. The largest absolute Gasteiger partial charge is 0.481 e. The number of ketones is 3. The van der Waals surface area contributed by atoms with E-state index in [1.54, 1.807) is 22.7 Å². The molecule has 0 aliphatic carbocycles. The van der Waals surface area contributed by atoms with Crippen LogP contribution in [0.1, 0.15) is 210 Å². The van der Waals surface area contributed by atoms with Crippen molar-refractivity contribution >= 4 is 149 Å². The molecule has 22 nitrogen and oxygen atoms in total. The first-order valence-corrected chi connectivity index (χ1v) is 48.2. The van der Waals surface area contributed by atoms with Gasteiger partial charge in [-0.15, -0.1) is 34.0 Å². The molecule has 9 heterocycles. The van der Waals surface area contributed by atoms with Gasteiger partial charge in [-0.2, -0.15) is 0 Å². The van der Waals surface area contributed by atoms with E-state index in [4.69, 9.17) is 24.8 Å². The van der Waals surface area contributed by atoms with Crippen LogP contribution in [0.4, 0.5) is 17.1 Å². The number of thiazole rings is 3. The van der Waals surface area contributed by atoms with Gasteiger partial charge in [-0.05, 0) is 234 Å². The first-order chi connectivity index (χ1) is 62.7. The van der Waals surface area contributed by atoms with Crippen LogP contribution in [0.15, 0.2) is 148 Å². The zero-order valence-electron chi connectivity index (χ0n) is 76.1. The third-order valence-electron chi connectivity index (χ3n) is 24.3. The summed E-state index contributed by atoms with van der Waals surface area (Å²) in [5, 5.41) is 26.6. The molecule has 0 saturated heterocycles. The van der Waals surface area contributed by atoms with Crippen LogP contribution in [0.25, 0.3) is 100 Å². The zero-order valence-corrected chi connectivity index (χ0v) is 80.2. The second kappa shape index (κ2) is 44.1. The first-order valence-electron chi connectivity index (χ1n) is 44.7. The number of fused-ring (bicyclic) bond motifs is 3. The molecule has 0 atom stereocenters. The van der Waals surface area contributed by atoms with E-state index >= 15 is 0 Å². The van der Waals surface area contributed by atoms with Crippen molar-refractivity contribution < 1.29 is 48.2 Å². The first kappa shape index (κ1) is 95.6. The molecular weight excluding hydrogens is 1750 g/mol. The molecule has 674 valence electrons. The highest BCUT2D eigenvalue weighted by molar-refractivity contribution is 9.10. The average molecular weight is 1870 g/mol. The molecule has 0 radical (unpaired) electrons. The highest BCUT2D eigenvalue weighted by Gasteiger charge is 2.32. The van der Waals surface area contributed by atoms with Crippen molar-refractivity contribution in [2.45, 2.75) is 154 Å². The average Bonchev–Trinajstić information content (AvgIpc) is 1.63. The second-order valence-electron chi connectivity index (χ2n) is 32.7. The monoisotopic (exact) mass is 1860 g/mol. The number of aryl methyl sites for hydroxylation is 5. The number of Topliss-reactive ketones (excluding diaryl/α,β-unsaturated/α-hetero) is 3. The Hall–Kier alpha value is -12.0. The third kappa shape index (κ3) is 22.9. The minimum absolute atomic E-state index is 0.104. The number of aromatic amines is 3. The van der Waals surface area contributed by atoms with Gasteiger partial charge in [0.15, 0.2) is 17.3 Å². The van der Waals surface area contributed by atoms with Crippen LogP contribution in [0, 0.1) is 41.5 Å². The van der Waals surface area contributed by atoms with Gasteiger partial charge in [-0.25, -0.2) is 15.0 Å². The Balaban J connectivity index is 0.000000167. The molecule has 0 spiro atoms. The van der Waals surface area contributed by atoms with E-state index in [0.717, 1.165) is 255 Å². The number of aromatic nitrogens is 6. The highest BCUT2D eigenvalue weighted by atomic mass is 79.9. The Morgan fingerprint density at radius 2 is 0.692 bits per heavy atom. The number of amides is 3. The molecule has 130 heavy (non-hydrogen) atoms. The Morgan fingerprint density at radius 3 is 0.985 bits per heavy atom. The summed E-state index contributed by atoms with van der Waals surface area (Å²) in [5.74, 6) is -1.10. The second-order valence-corrected chi connectivity index (χ2v) is 36.2. The molecule has 26 heteroatoms. The van der Waals surface area contributed by atoms with Gasteiger partial charge in [0, 0.05) is 171 Å². The van der Waals surface area contributed by atoms with Crippen molar-refractivity contribution in [2.24, 2.45) is 0 Å². The zero-order chi connectivity index (χ0) is 92.6. The maximum atomic E-state index is 13.2. The number of halogens is 1. The molecule has 0 saturated carbocycles. The normalized spacial score (nSPS) is 13.5. The predicted octanol–water partition coefficient (Wildman–Crippen LogP) is 22.9. The minimum atomic E-state index is -0.808. The number of nitrogens with one attached hydrogen (secondary N) is 6. The van der Waals surface area contributed by atoms with E-state index in [2.05, 4.69) is 103 Å². The molecular formula is C104H113BrN12O10S3. The number of benzene rings is 6. The molecule has 6 aromatic heterocycles. The molecule has 3 aliphatic rings. The molecule has 7 N–H and O–H groups in total. The van der Waals surface area contributed by atoms with E-state index in [1.807, 2.05) is 210 Å². The lowest BCUT2D eigenvalue weighted by Crippen LogP contribution is -2.24. The molecule has 3 aliphatic heterocycles. The van der Waals surface area contributed by atoms with Crippen LogP contribution in [-0.4, -0.2) is 162 Å². The Bertz CT molecular complexity index is 6280. The lowest BCUT2D eigenvalue weighted by Gasteiger charge is -2.17. The lowest BCUT2D eigenvalue weighted by molar-refractivity contribution is -0.143. The molecule has 6 aromatic carbocycles. The number of carboxylic acid groups (broad SMARTS) is 1. The fourth-order valence-corrected chi connectivity index (χ4v) is 19.6. The van der Waals surface area contributed by atoms with E-state index in [9.17, 15) is 38.4 Å². The number of aliphatic carboxylic acids is 1. The van der Waals surface area contributed by atoms with Crippen molar-refractivity contribution in [1.29, 1.82) is 0 Å². The van der Waals surface area contributed by atoms with Crippen molar-refractivity contribution in [1.82, 2.24) is 44.6 Å². The number of hydrogen-bond acceptors (Lipinski definition) is 18. The number of esters is 1. The van der Waals surface area contributed by atoms with Crippen molar-refractivity contribution in [3.05, 3.63) is 243 Å². The summed E-state index contributed by atoms with van der Waals surface area (Å²) in [4.78, 5) is 133. The summed E-state index contributed by atoms with van der Waals surface area (Å²) in [6.07, 6.45) is 11.1. The number of nitrogens with zero attached hydrogens (tertiary/aromatic N) is 6. The number of rotatable bonds is 37. The molecule has 15 rings (SSSR count). The van der Waals surface area contributed by atoms with Gasteiger partial charge in [0.05, 0.1) is 40.4 Å². The van der Waals surface area contributed by atoms with E-state index in [-0.39, 0.29) is 47.5 Å². The highest BCUT2D eigenvalue weighted by Crippen LogP contribution is 2.43. The fraction of sp³-hybridized carbons (Fsp3) is 0.317. The smallest absolute Gasteiger partial charge is 0.306 e. The van der Waals surface area contributed by atoms with Crippen molar-refractivity contribution in [2.75, 3.05) is 81.5 Å². The Kier molecular flexibility index (Phi) is 32.4. The predicted molar refractivity (Wildman–Crippen MR) is 532 cm³/mol. The Morgan fingerprint density at radius 1 is 0.400 bits per heavy atom. The molecule has 0 bridgehead atoms. The fourth-order valence-electron chi connectivity index (χ4n) is 16.9. The number of anilines is 3. The Labute approximate surface area is 780 Å². The van der Waals surface area contributed by atoms with Crippen LogP contribution in [0.3, 0.4) is 0 Å². The van der Waals surface area contributed by atoms with Crippen molar-refractivity contribution in [3.63, 3.8) is 0 Å². The van der Waals surface area contributed by atoms with Gasteiger partial charge in [0.1, 0.15) is 15.0 Å². The quantitative estimate of drug-likeness (QED) is 0.0108. The van der Waals surface area contributed by atoms with Crippen LogP contribution in [0.2, 0.25) is 0 Å². The van der Waals surface area contributed by atoms with Gasteiger partial charge in [0.2, 0.25) is 0 Å². The van der Waals surface area contributed by atoms with Crippen LogP contribution in [0.5, 0.6) is 0 Å². The van der Waals surface area contributed by atoms with Gasteiger partial charge in [-0.1, -0.05) is 136 Å². The van der Waals surface area contributed by atoms with Gasteiger partial charge in [-0.3, -0.25) is 38.4 Å². The summed E-state index contributed by atoms with van der Waals surface area (Å²) < 4.78 is 6.06. The summed E-state index contributed by atoms with van der Waals surface area (Å²) in [7, 11) is 0. The summed E-state index contributed by atoms with van der Waals surface area (Å²) in [6, 6.07) is 41.7. The van der Waals surface area contributed by atoms with Gasteiger partial charge < -0.3 is 55.4 Å². The number of H-pyrrole nitrogens is 3. The van der Waals surface area contributed by atoms with Crippen molar-refractivity contribution in [3.8, 4) is 65.5 Å². The van der Waals surface area contributed by atoms with Crippen LogP contribution in [-0.2, 0) is 41.6 Å². The van der Waals surface area contributed by atoms with E-state index < -0.39 is 5.97 Å². The van der Waals surface area contributed by atoms with Gasteiger partial charge >= 0.3 is 11.9 Å². The number of ether oxygens (including phenoxy) is 1. The summed E-state index contributed by atoms with van der Waals surface area (Å²) in [5.41, 5.74) is 26.3. The summed E-state index contributed by atoms with van der Waals surface area (Å²) >= 11 is 8.18. The van der Waals surface area contributed by atoms with E-state index in [1.165, 1.54) is 11.3 Å². The van der Waals surface area contributed by atoms with E-state index in [0.29, 0.717) is 67.4 Å². The molecule has 3 amide bonds. The molecule has 12 aromatic rings. The van der Waals surface area contributed by atoms with Gasteiger partial charge in [0.25, 0.3) is 17.7 Å². The topological polar surface area (TPSA) is 298 Å². The SMILES string of the molecule is CCN(CC)CCCC(=O)c1c(C)[nH]c(/C=C2\C(=O)Nc3ccc(-c4csc(-c5ccc(Br)cc5)n4)cc32)c1C.CCN(CC)CCCC(=O)c1c(C)[nH]c(/C=C2\C(=O)Nc3ccc(-c4csc(-c5ccc(CCC(=O)O)cc5)n4)cc32)c1C.CCOC(=O)CCc1ccc(-c2nc(-c3ccc4c(c3)/C(=C/c3[nH]c(C)c(C(=O)CCCN(CC)CC)c3C)C(=O)N4)cs2)cc1. The summed E-state index contributed by atoms with van der Waals surface area (Å²) in [6.45, 7) is 35.3. The van der Waals surface area contributed by atoms with Crippen LogP contribution < -0.4 is 16.0 Å². The maximum absolute atomic E-state index is 13.2. The molecule has 0 fully saturated rings. The van der Waals surface area contributed by atoms with Crippen LogP contribution >= 0.6 is 49.9 Å². The molecule has 0 unspecified atom stereocenters. The maximum Gasteiger partial charge on any atom is 0.306 e. The number of carbonyl (C=O) groups is 8. The number of carbonyl (C=O) groups excluding carboxylic acids is 7. The standard InChI is InChI=1S/C37H42N4O4S.C35H38N4O4S.C32H33BrN4O2S/c1-6-41(7-2)19-9-10-33(42)35-23(4)31(38-24(35)5)21-29-28-20-27(16-17-30(28)39-36(29)44)32-22-46-37(40-32)26-14-11-25(12-15-26)13-18-34(43)45-8-3;1-5-39(6-2)17-7-8-31(40)33-21(3)29(36-22(33)4)19-27-26-18-25(14-15-28(26)37-34(27)43)30-20-44-35(38-30)24-12-9-23(10-13-24)11-16-32(41)42;1-5-37(6-2)15-7-8-29(38)30-19(3)27(34-20(30)4)17-25-24-16-22(11-14-26(24)35-31(25)39)28-18-40-32(36-28)21-9-12-23(33)13-10-21/h11-12,14-17,20-22,38H,6-10,13,18-19H2,1-5H3,(H,39,44);9-10,12-15,18-20,36H,5-8,11,16-17H2,1-4H3,(H,37,43)(H,41,42);9-14,16-18,34H,5-8,15H2,1-4H3,(H,35,39)/b29-21-;27-19-;25-17-. The third-order valence-corrected chi connectivity index (χ3v) is 27.5.